The van der Waals surface area contributed by atoms with E-state index in [-0.39, 0.29) is 0 Å². The van der Waals surface area contributed by atoms with E-state index in [0.29, 0.717) is 18.4 Å². The molecular formula is C11H14N4. The number of imidazole rings is 1. The van der Waals surface area contributed by atoms with Gasteiger partial charge in [-0.05, 0) is 18.4 Å². The molecule has 1 fully saturated rings. The molecule has 0 atom stereocenters. The molecule has 1 aliphatic carbocycles. The molecule has 0 aromatic carbocycles. The fraction of sp³-hybridized carbons (Fsp3) is 0.455. The van der Waals surface area contributed by atoms with Gasteiger partial charge in [-0.1, -0.05) is 6.58 Å². The molecule has 1 aromatic heterocycles. The zero-order valence-electron chi connectivity index (χ0n) is 8.61. The first kappa shape index (κ1) is 9.94. The SMILES string of the molecule is C=C(CNC1CC1)Cn1ccnc1C#N. The fourth-order valence-corrected chi connectivity index (χ4v) is 1.42. The van der Waals surface area contributed by atoms with Crippen LogP contribution in [-0.2, 0) is 6.54 Å². The van der Waals surface area contributed by atoms with E-state index in [4.69, 9.17) is 5.26 Å². The Morgan fingerprint density at radius 2 is 2.53 bits per heavy atom. The second-order valence-corrected chi connectivity index (χ2v) is 3.90. The molecule has 0 bridgehead atoms. The standard InChI is InChI=1S/C11H14N4/c1-9(7-14-10-2-3-10)8-15-5-4-13-11(15)6-12/h4-5,10,14H,1-3,7-8H2. The summed E-state index contributed by atoms with van der Waals surface area (Å²) in [7, 11) is 0. The molecular weight excluding hydrogens is 188 g/mol. The van der Waals surface area contributed by atoms with Crippen molar-refractivity contribution in [1.29, 1.82) is 5.26 Å². The predicted molar refractivity (Wildman–Crippen MR) is 57.1 cm³/mol. The van der Waals surface area contributed by atoms with Crippen molar-refractivity contribution in [3.05, 3.63) is 30.4 Å². The Morgan fingerprint density at radius 1 is 1.73 bits per heavy atom. The van der Waals surface area contributed by atoms with Crippen LogP contribution in [0.5, 0.6) is 0 Å². The molecule has 0 unspecified atom stereocenters. The van der Waals surface area contributed by atoms with Crippen LogP contribution in [-0.4, -0.2) is 22.1 Å². The lowest BCUT2D eigenvalue weighted by Gasteiger charge is -2.08. The average molecular weight is 202 g/mol. The summed E-state index contributed by atoms with van der Waals surface area (Å²) in [6.45, 7) is 5.48. The summed E-state index contributed by atoms with van der Waals surface area (Å²) >= 11 is 0. The molecule has 1 N–H and O–H groups in total. The highest BCUT2D eigenvalue weighted by Crippen LogP contribution is 2.18. The number of rotatable bonds is 5. The van der Waals surface area contributed by atoms with Crippen LogP contribution in [0.25, 0.3) is 0 Å². The smallest absolute Gasteiger partial charge is 0.213 e. The lowest BCUT2D eigenvalue weighted by Crippen LogP contribution is -2.21. The molecule has 1 saturated carbocycles. The number of nitriles is 1. The van der Waals surface area contributed by atoms with Gasteiger partial charge in [-0.25, -0.2) is 4.98 Å². The van der Waals surface area contributed by atoms with Gasteiger partial charge in [0.05, 0.1) is 0 Å². The molecule has 1 aromatic rings. The molecule has 4 nitrogen and oxygen atoms in total. The molecule has 0 spiro atoms. The van der Waals surface area contributed by atoms with Crippen molar-refractivity contribution in [2.45, 2.75) is 25.4 Å². The van der Waals surface area contributed by atoms with Crippen LogP contribution in [0.1, 0.15) is 18.7 Å². The van der Waals surface area contributed by atoms with E-state index in [0.717, 1.165) is 12.1 Å². The van der Waals surface area contributed by atoms with E-state index >= 15 is 0 Å². The topological polar surface area (TPSA) is 53.6 Å². The van der Waals surface area contributed by atoms with Gasteiger partial charge in [0.2, 0.25) is 5.82 Å². The predicted octanol–water partition coefficient (Wildman–Crippen LogP) is 1.06. The summed E-state index contributed by atoms with van der Waals surface area (Å²) in [4.78, 5) is 3.94. The van der Waals surface area contributed by atoms with Crippen LogP contribution < -0.4 is 5.32 Å². The lowest BCUT2D eigenvalue weighted by atomic mass is 10.3. The lowest BCUT2D eigenvalue weighted by molar-refractivity contribution is 0.678. The van der Waals surface area contributed by atoms with Crippen LogP contribution in [0, 0.1) is 11.3 Å². The van der Waals surface area contributed by atoms with Crippen molar-refractivity contribution in [2.75, 3.05) is 6.54 Å². The number of nitrogens with zero attached hydrogens (tertiary/aromatic N) is 3. The first-order valence-corrected chi connectivity index (χ1v) is 5.11. The fourth-order valence-electron chi connectivity index (χ4n) is 1.42. The Morgan fingerprint density at radius 3 is 3.20 bits per heavy atom. The van der Waals surface area contributed by atoms with Crippen molar-refractivity contribution in [3.63, 3.8) is 0 Å². The molecule has 0 aliphatic heterocycles. The molecule has 2 rings (SSSR count). The van der Waals surface area contributed by atoms with E-state index in [2.05, 4.69) is 16.9 Å². The van der Waals surface area contributed by atoms with Crippen LogP contribution in [0.2, 0.25) is 0 Å². The van der Waals surface area contributed by atoms with E-state index in [1.165, 1.54) is 12.8 Å². The molecule has 15 heavy (non-hydrogen) atoms. The molecule has 0 amide bonds. The summed E-state index contributed by atoms with van der Waals surface area (Å²) in [5, 5.41) is 12.2. The minimum atomic E-state index is 0.447. The Kier molecular flexibility index (Phi) is 2.84. The Bertz CT molecular complexity index is 395. The molecule has 0 radical (unpaired) electrons. The summed E-state index contributed by atoms with van der Waals surface area (Å²) < 4.78 is 1.82. The maximum Gasteiger partial charge on any atom is 0.213 e. The molecule has 1 heterocycles. The van der Waals surface area contributed by atoms with Gasteiger partial charge in [-0.3, -0.25) is 0 Å². The van der Waals surface area contributed by atoms with Gasteiger partial charge in [-0.15, -0.1) is 0 Å². The quantitative estimate of drug-likeness (QED) is 0.726. The van der Waals surface area contributed by atoms with Gasteiger partial charge in [0.25, 0.3) is 0 Å². The average Bonchev–Trinajstić information content (AvgIpc) is 2.96. The van der Waals surface area contributed by atoms with Crippen molar-refractivity contribution in [2.24, 2.45) is 0 Å². The monoisotopic (exact) mass is 202 g/mol. The van der Waals surface area contributed by atoms with Gasteiger partial charge in [0.15, 0.2) is 0 Å². The van der Waals surface area contributed by atoms with Gasteiger partial charge in [0.1, 0.15) is 6.07 Å². The van der Waals surface area contributed by atoms with Crippen molar-refractivity contribution >= 4 is 0 Å². The Labute approximate surface area is 89.2 Å². The molecule has 0 saturated heterocycles. The van der Waals surface area contributed by atoms with Gasteiger partial charge >= 0.3 is 0 Å². The highest BCUT2D eigenvalue weighted by atomic mass is 15.1. The Hall–Kier alpha value is -1.60. The van der Waals surface area contributed by atoms with Gasteiger partial charge < -0.3 is 9.88 Å². The number of nitrogens with one attached hydrogen (secondary N) is 1. The first-order valence-electron chi connectivity index (χ1n) is 5.11. The maximum absolute atomic E-state index is 8.77. The number of aromatic nitrogens is 2. The number of hydrogen-bond acceptors (Lipinski definition) is 3. The summed E-state index contributed by atoms with van der Waals surface area (Å²) in [6.07, 6.45) is 6.00. The largest absolute Gasteiger partial charge is 0.319 e. The van der Waals surface area contributed by atoms with Crippen LogP contribution in [0.15, 0.2) is 24.5 Å². The second-order valence-electron chi connectivity index (χ2n) is 3.90. The van der Waals surface area contributed by atoms with Gasteiger partial charge in [0, 0.05) is 31.5 Å². The minimum absolute atomic E-state index is 0.447. The normalized spacial score (nSPS) is 14.9. The van der Waals surface area contributed by atoms with E-state index in [1.807, 2.05) is 10.6 Å². The molecule has 78 valence electrons. The third-order valence-electron chi connectivity index (χ3n) is 2.43. The second kappa shape index (κ2) is 4.28. The zero-order valence-corrected chi connectivity index (χ0v) is 8.61. The van der Waals surface area contributed by atoms with Crippen molar-refractivity contribution in [1.82, 2.24) is 14.9 Å². The molecule has 1 aliphatic rings. The van der Waals surface area contributed by atoms with Crippen LogP contribution in [0.4, 0.5) is 0 Å². The van der Waals surface area contributed by atoms with Crippen molar-refractivity contribution in [3.8, 4) is 6.07 Å². The van der Waals surface area contributed by atoms with E-state index < -0.39 is 0 Å². The highest BCUT2D eigenvalue weighted by Gasteiger charge is 2.20. The first-order chi connectivity index (χ1) is 7.29. The Balaban J connectivity index is 1.84. The summed E-state index contributed by atoms with van der Waals surface area (Å²) in [6, 6.07) is 2.74. The summed E-state index contributed by atoms with van der Waals surface area (Å²) in [5.74, 6) is 0.447. The number of hydrogen-bond donors (Lipinski definition) is 1. The third kappa shape index (κ3) is 2.67. The minimum Gasteiger partial charge on any atom is -0.319 e. The third-order valence-corrected chi connectivity index (χ3v) is 2.43. The van der Waals surface area contributed by atoms with Crippen LogP contribution >= 0.6 is 0 Å². The van der Waals surface area contributed by atoms with Gasteiger partial charge in [-0.2, -0.15) is 5.26 Å². The van der Waals surface area contributed by atoms with E-state index in [1.54, 1.807) is 12.4 Å². The van der Waals surface area contributed by atoms with E-state index in [9.17, 15) is 0 Å². The zero-order chi connectivity index (χ0) is 10.7. The highest BCUT2D eigenvalue weighted by molar-refractivity contribution is 5.13. The van der Waals surface area contributed by atoms with Crippen LogP contribution in [0.3, 0.4) is 0 Å². The summed E-state index contributed by atoms with van der Waals surface area (Å²) in [5.41, 5.74) is 1.08. The molecule has 4 heteroatoms. The van der Waals surface area contributed by atoms with Crippen molar-refractivity contribution < 1.29 is 0 Å². The maximum atomic E-state index is 8.77.